The lowest BCUT2D eigenvalue weighted by atomic mass is 9.82. The molecule has 23 heavy (non-hydrogen) atoms. The van der Waals surface area contributed by atoms with Crippen LogP contribution in [0.3, 0.4) is 0 Å². The van der Waals surface area contributed by atoms with E-state index >= 15 is 0 Å². The number of allylic oxidation sites excluding steroid dienone is 1. The molecule has 0 bridgehead atoms. The monoisotopic (exact) mass is 335 g/mol. The molecule has 5 nitrogen and oxygen atoms in total. The number of ether oxygens (including phenoxy) is 2. The third-order valence-electron chi connectivity index (χ3n) is 3.55. The summed E-state index contributed by atoms with van der Waals surface area (Å²) < 4.78 is 9.99. The second-order valence-corrected chi connectivity index (χ2v) is 5.42. The number of hydrogen-bond donors (Lipinski definition) is 1. The Kier molecular flexibility index (Phi) is 5.45. The quantitative estimate of drug-likeness (QED) is 0.857. The van der Waals surface area contributed by atoms with Crippen molar-refractivity contribution in [3.63, 3.8) is 0 Å². The average Bonchev–Trinajstić information content (AvgIpc) is 2.54. The molecule has 0 spiro atoms. The number of rotatable bonds is 4. The number of esters is 2. The van der Waals surface area contributed by atoms with E-state index < -0.39 is 17.9 Å². The lowest BCUT2D eigenvalue weighted by molar-refractivity contribution is -0.139. The van der Waals surface area contributed by atoms with Crippen LogP contribution in [0.25, 0.3) is 0 Å². The second kappa shape index (κ2) is 7.33. The van der Waals surface area contributed by atoms with Crippen LogP contribution >= 0.6 is 11.6 Å². The summed E-state index contributed by atoms with van der Waals surface area (Å²) in [5.41, 5.74) is 2.04. The van der Waals surface area contributed by atoms with Crippen LogP contribution in [-0.2, 0) is 19.1 Å². The molecule has 1 unspecified atom stereocenters. The van der Waals surface area contributed by atoms with Crippen molar-refractivity contribution >= 4 is 23.5 Å². The molecule has 2 rings (SSSR count). The smallest absolute Gasteiger partial charge is 0.336 e. The van der Waals surface area contributed by atoms with Crippen LogP contribution in [0.5, 0.6) is 0 Å². The first-order chi connectivity index (χ1) is 11.0. The van der Waals surface area contributed by atoms with E-state index in [1.54, 1.807) is 38.2 Å². The fraction of sp³-hybridized carbons (Fsp3) is 0.294. The molecule has 0 aromatic heterocycles. The zero-order valence-corrected chi connectivity index (χ0v) is 13.9. The summed E-state index contributed by atoms with van der Waals surface area (Å²) in [6.07, 6.45) is 1.56. The molecular weight excluding hydrogens is 318 g/mol. The van der Waals surface area contributed by atoms with Crippen molar-refractivity contribution < 1.29 is 19.1 Å². The van der Waals surface area contributed by atoms with E-state index in [4.69, 9.17) is 21.1 Å². The minimum Gasteiger partial charge on any atom is -0.466 e. The van der Waals surface area contributed by atoms with Crippen molar-refractivity contribution in [2.45, 2.75) is 19.8 Å². The zero-order valence-electron chi connectivity index (χ0n) is 13.2. The van der Waals surface area contributed by atoms with Crippen LogP contribution in [0.2, 0.25) is 5.02 Å². The number of carbonyl (C=O) groups is 2. The van der Waals surface area contributed by atoms with Crippen LogP contribution in [0.1, 0.15) is 25.3 Å². The van der Waals surface area contributed by atoms with Gasteiger partial charge in [-0.05, 0) is 31.5 Å². The first-order valence-corrected chi connectivity index (χ1v) is 7.55. The lowest BCUT2D eigenvalue weighted by Gasteiger charge is -2.27. The molecule has 1 aromatic rings. The normalized spacial score (nSPS) is 17.2. The molecule has 0 radical (unpaired) electrons. The highest BCUT2D eigenvalue weighted by Crippen LogP contribution is 2.37. The molecule has 1 N–H and O–H groups in total. The summed E-state index contributed by atoms with van der Waals surface area (Å²) in [4.78, 5) is 24.5. The van der Waals surface area contributed by atoms with Gasteiger partial charge in [0.05, 0.1) is 30.8 Å². The van der Waals surface area contributed by atoms with Crippen LogP contribution < -0.4 is 5.32 Å². The Morgan fingerprint density at radius 2 is 2.04 bits per heavy atom. The van der Waals surface area contributed by atoms with E-state index in [1.165, 1.54) is 7.11 Å². The predicted octanol–water partition coefficient (Wildman–Crippen LogP) is 2.92. The Morgan fingerprint density at radius 3 is 2.65 bits per heavy atom. The summed E-state index contributed by atoms with van der Waals surface area (Å²) in [6, 6.07) is 7.03. The molecule has 6 heteroatoms. The molecule has 1 atom stereocenters. The van der Waals surface area contributed by atoms with Crippen LogP contribution in [-0.4, -0.2) is 25.7 Å². The number of methoxy groups -OCH3 is 1. The maximum absolute atomic E-state index is 12.3. The van der Waals surface area contributed by atoms with Crippen molar-refractivity contribution in [1.82, 2.24) is 5.32 Å². The van der Waals surface area contributed by atoms with E-state index in [2.05, 4.69) is 5.32 Å². The summed E-state index contributed by atoms with van der Waals surface area (Å²) in [6.45, 7) is 3.72. The fourth-order valence-electron chi connectivity index (χ4n) is 2.52. The molecule has 1 aromatic carbocycles. The van der Waals surface area contributed by atoms with Crippen molar-refractivity contribution in [3.8, 4) is 0 Å². The van der Waals surface area contributed by atoms with Crippen LogP contribution in [0.4, 0.5) is 0 Å². The molecule has 1 aliphatic rings. The van der Waals surface area contributed by atoms with Gasteiger partial charge in [-0.2, -0.15) is 0 Å². The molecule has 0 saturated carbocycles. The van der Waals surface area contributed by atoms with Gasteiger partial charge in [0.25, 0.3) is 0 Å². The lowest BCUT2D eigenvalue weighted by Crippen LogP contribution is -2.29. The molecule has 122 valence electrons. The van der Waals surface area contributed by atoms with Gasteiger partial charge in [0.1, 0.15) is 0 Å². The van der Waals surface area contributed by atoms with Crippen molar-refractivity contribution in [1.29, 1.82) is 0 Å². The second-order valence-electron chi connectivity index (χ2n) is 4.98. The standard InChI is InChI=1S/C17H18ClNO4/c1-4-23-16(20)13-9-19-10(2)14(17(21)22-3)15(13)11-6-5-7-12(18)8-11/h5-9,15,19H,4H2,1-3H3. The topological polar surface area (TPSA) is 64.6 Å². The van der Waals surface area contributed by atoms with Crippen molar-refractivity contribution in [3.05, 3.63) is 57.9 Å². The number of halogens is 1. The fourth-order valence-corrected chi connectivity index (χ4v) is 2.72. The van der Waals surface area contributed by atoms with Gasteiger partial charge in [-0.15, -0.1) is 0 Å². The maximum Gasteiger partial charge on any atom is 0.336 e. The van der Waals surface area contributed by atoms with Gasteiger partial charge in [0.2, 0.25) is 0 Å². The SMILES string of the molecule is CCOC(=O)C1=CNC(C)=C(C(=O)OC)C1c1cccc(Cl)c1. The Hall–Kier alpha value is -2.27. The van der Waals surface area contributed by atoms with Gasteiger partial charge < -0.3 is 14.8 Å². The Morgan fingerprint density at radius 1 is 1.30 bits per heavy atom. The highest BCUT2D eigenvalue weighted by atomic mass is 35.5. The highest BCUT2D eigenvalue weighted by Gasteiger charge is 2.35. The number of dihydropyridines is 1. The molecule has 1 heterocycles. The third-order valence-corrected chi connectivity index (χ3v) is 3.78. The molecule has 1 aliphatic heterocycles. The zero-order chi connectivity index (χ0) is 17.0. The van der Waals surface area contributed by atoms with Gasteiger partial charge in [0.15, 0.2) is 0 Å². The Balaban J connectivity index is 2.57. The van der Waals surface area contributed by atoms with Gasteiger partial charge in [-0.1, -0.05) is 23.7 Å². The molecular formula is C17H18ClNO4. The van der Waals surface area contributed by atoms with Gasteiger partial charge in [-0.3, -0.25) is 0 Å². The van der Waals surface area contributed by atoms with Crippen LogP contribution in [0.15, 0.2) is 47.3 Å². The van der Waals surface area contributed by atoms with Crippen LogP contribution in [0, 0.1) is 0 Å². The van der Waals surface area contributed by atoms with Crippen molar-refractivity contribution in [2.24, 2.45) is 0 Å². The Labute approximate surface area is 139 Å². The van der Waals surface area contributed by atoms with E-state index in [0.717, 1.165) is 5.56 Å². The number of nitrogens with one attached hydrogen (secondary N) is 1. The predicted molar refractivity (Wildman–Crippen MR) is 86.8 cm³/mol. The minimum absolute atomic E-state index is 0.245. The first kappa shape index (κ1) is 17.1. The van der Waals surface area contributed by atoms with E-state index in [1.807, 2.05) is 6.07 Å². The summed E-state index contributed by atoms with van der Waals surface area (Å²) in [7, 11) is 1.31. The number of carbonyl (C=O) groups excluding carboxylic acids is 2. The summed E-state index contributed by atoms with van der Waals surface area (Å²) in [5.74, 6) is -1.59. The van der Waals surface area contributed by atoms with E-state index in [0.29, 0.717) is 21.9 Å². The Bertz CT molecular complexity index is 694. The van der Waals surface area contributed by atoms with Gasteiger partial charge in [-0.25, -0.2) is 9.59 Å². The molecule has 0 saturated heterocycles. The van der Waals surface area contributed by atoms with Crippen molar-refractivity contribution in [2.75, 3.05) is 13.7 Å². The number of hydrogen-bond acceptors (Lipinski definition) is 5. The first-order valence-electron chi connectivity index (χ1n) is 7.17. The third kappa shape index (κ3) is 3.56. The largest absolute Gasteiger partial charge is 0.466 e. The van der Waals surface area contributed by atoms with E-state index in [9.17, 15) is 9.59 Å². The molecule has 0 aliphatic carbocycles. The summed E-state index contributed by atoms with van der Waals surface area (Å²) >= 11 is 6.07. The van der Waals surface area contributed by atoms with Gasteiger partial charge in [0, 0.05) is 16.9 Å². The molecule has 0 amide bonds. The van der Waals surface area contributed by atoms with E-state index in [-0.39, 0.29) is 6.61 Å². The number of benzene rings is 1. The van der Waals surface area contributed by atoms with Gasteiger partial charge >= 0.3 is 11.9 Å². The average molecular weight is 336 g/mol. The highest BCUT2D eigenvalue weighted by molar-refractivity contribution is 6.30. The maximum atomic E-state index is 12.3. The minimum atomic E-state index is -0.596. The summed E-state index contributed by atoms with van der Waals surface area (Å²) in [5, 5.41) is 3.45. The molecule has 0 fully saturated rings.